The Morgan fingerprint density at radius 1 is 1.18 bits per heavy atom. The quantitative estimate of drug-likeness (QED) is 0.825. The topological polar surface area (TPSA) is 69.0 Å². The Morgan fingerprint density at radius 2 is 2.00 bits per heavy atom. The highest BCUT2D eigenvalue weighted by Crippen LogP contribution is 2.29. The summed E-state index contributed by atoms with van der Waals surface area (Å²) < 4.78 is 20.7. The lowest BCUT2D eigenvalue weighted by Gasteiger charge is -2.27. The molecule has 1 aliphatic carbocycles. The van der Waals surface area contributed by atoms with Crippen LogP contribution in [0.25, 0.3) is 0 Å². The molecule has 1 aliphatic heterocycles. The Bertz CT molecular complexity index is 654. The Morgan fingerprint density at radius 3 is 2.77 bits per heavy atom. The minimum atomic E-state index is -0.431. The number of halogens is 1. The molecule has 0 amide bonds. The van der Waals surface area contributed by atoms with Crippen LogP contribution in [0, 0.1) is 11.7 Å². The molecule has 1 fully saturated rings. The Kier molecular flexibility index (Phi) is 3.45. The SMILES string of the molecule is Fc1cnc(N2CCn3c(COCC4CC4)nnc3C2)nc1. The average molecular weight is 304 g/mol. The summed E-state index contributed by atoms with van der Waals surface area (Å²) in [6.45, 7) is 3.40. The van der Waals surface area contributed by atoms with Gasteiger partial charge in [0, 0.05) is 19.7 Å². The molecule has 0 spiro atoms. The summed E-state index contributed by atoms with van der Waals surface area (Å²) in [4.78, 5) is 10.0. The highest BCUT2D eigenvalue weighted by molar-refractivity contribution is 5.30. The van der Waals surface area contributed by atoms with Gasteiger partial charge in [-0.25, -0.2) is 14.4 Å². The fourth-order valence-corrected chi connectivity index (χ4v) is 2.57. The largest absolute Gasteiger partial charge is 0.373 e. The Labute approximate surface area is 127 Å². The summed E-state index contributed by atoms with van der Waals surface area (Å²) in [5.41, 5.74) is 0. The van der Waals surface area contributed by atoms with Gasteiger partial charge in [-0.3, -0.25) is 0 Å². The third kappa shape index (κ3) is 2.78. The Hall–Kier alpha value is -2.09. The molecule has 4 rings (SSSR count). The first kappa shape index (κ1) is 13.6. The van der Waals surface area contributed by atoms with Gasteiger partial charge < -0.3 is 14.2 Å². The molecule has 2 aromatic rings. The van der Waals surface area contributed by atoms with Crippen LogP contribution >= 0.6 is 0 Å². The maximum absolute atomic E-state index is 12.9. The van der Waals surface area contributed by atoms with Crippen LogP contribution < -0.4 is 4.90 Å². The Balaban J connectivity index is 1.42. The van der Waals surface area contributed by atoms with E-state index in [2.05, 4.69) is 24.7 Å². The molecule has 0 N–H and O–H groups in total. The lowest BCUT2D eigenvalue weighted by molar-refractivity contribution is 0.103. The van der Waals surface area contributed by atoms with Crippen LogP contribution in [0.3, 0.4) is 0 Å². The first-order valence-electron chi connectivity index (χ1n) is 7.51. The van der Waals surface area contributed by atoms with E-state index in [-0.39, 0.29) is 0 Å². The van der Waals surface area contributed by atoms with Crippen LogP contribution in [0.4, 0.5) is 10.3 Å². The number of rotatable bonds is 5. The van der Waals surface area contributed by atoms with Crippen molar-refractivity contribution in [3.63, 3.8) is 0 Å². The minimum Gasteiger partial charge on any atom is -0.373 e. The van der Waals surface area contributed by atoms with Gasteiger partial charge in [0.25, 0.3) is 0 Å². The molecule has 0 bridgehead atoms. The molecule has 116 valence electrons. The maximum Gasteiger partial charge on any atom is 0.225 e. The van der Waals surface area contributed by atoms with E-state index in [4.69, 9.17) is 4.74 Å². The van der Waals surface area contributed by atoms with Gasteiger partial charge in [0.1, 0.15) is 6.61 Å². The fraction of sp³-hybridized carbons (Fsp3) is 0.571. The smallest absolute Gasteiger partial charge is 0.225 e. The lowest BCUT2D eigenvalue weighted by atomic mass is 10.3. The zero-order valence-electron chi connectivity index (χ0n) is 12.2. The molecule has 0 atom stereocenters. The van der Waals surface area contributed by atoms with E-state index in [1.807, 2.05) is 4.90 Å². The molecule has 7 nitrogen and oxygen atoms in total. The van der Waals surface area contributed by atoms with Gasteiger partial charge in [0.05, 0.1) is 18.9 Å². The van der Waals surface area contributed by atoms with Gasteiger partial charge in [-0.05, 0) is 18.8 Å². The summed E-state index contributed by atoms with van der Waals surface area (Å²) in [7, 11) is 0. The van der Waals surface area contributed by atoms with Crippen molar-refractivity contribution in [1.82, 2.24) is 24.7 Å². The molecule has 0 aromatic carbocycles. The van der Waals surface area contributed by atoms with Gasteiger partial charge in [0.2, 0.25) is 5.95 Å². The molecule has 0 saturated heterocycles. The van der Waals surface area contributed by atoms with E-state index in [0.29, 0.717) is 19.1 Å². The highest BCUT2D eigenvalue weighted by Gasteiger charge is 2.24. The van der Waals surface area contributed by atoms with Gasteiger partial charge in [-0.15, -0.1) is 10.2 Å². The summed E-state index contributed by atoms with van der Waals surface area (Å²) in [6.07, 6.45) is 4.92. The zero-order chi connectivity index (χ0) is 14.9. The van der Waals surface area contributed by atoms with E-state index in [1.165, 1.54) is 25.2 Å². The standard InChI is InChI=1S/C14H17FN6O/c15-11-5-16-14(17-6-11)20-3-4-21-12(7-20)18-19-13(21)9-22-8-10-1-2-10/h5-6,10H,1-4,7-9H2. The molecule has 0 unspecified atom stereocenters. The second-order valence-electron chi connectivity index (χ2n) is 5.77. The second-order valence-corrected chi connectivity index (χ2v) is 5.77. The molecule has 2 aromatic heterocycles. The van der Waals surface area contributed by atoms with Crippen molar-refractivity contribution in [3.05, 3.63) is 29.9 Å². The van der Waals surface area contributed by atoms with E-state index >= 15 is 0 Å². The van der Waals surface area contributed by atoms with Crippen molar-refractivity contribution in [2.45, 2.75) is 32.5 Å². The molecule has 22 heavy (non-hydrogen) atoms. The predicted octanol–water partition coefficient (Wildman–Crippen LogP) is 1.15. The van der Waals surface area contributed by atoms with Crippen molar-refractivity contribution in [1.29, 1.82) is 0 Å². The number of ether oxygens (including phenoxy) is 1. The number of hydrogen-bond donors (Lipinski definition) is 0. The first-order chi connectivity index (χ1) is 10.8. The fourth-order valence-electron chi connectivity index (χ4n) is 2.57. The van der Waals surface area contributed by atoms with Gasteiger partial charge >= 0.3 is 0 Å². The summed E-state index contributed by atoms with van der Waals surface area (Å²) >= 11 is 0. The van der Waals surface area contributed by atoms with E-state index < -0.39 is 5.82 Å². The van der Waals surface area contributed by atoms with Crippen molar-refractivity contribution >= 4 is 5.95 Å². The molecular weight excluding hydrogens is 287 g/mol. The van der Waals surface area contributed by atoms with Crippen LogP contribution in [-0.4, -0.2) is 37.9 Å². The van der Waals surface area contributed by atoms with Crippen LogP contribution in [0.2, 0.25) is 0 Å². The number of nitrogens with zero attached hydrogens (tertiary/aromatic N) is 6. The second kappa shape index (κ2) is 5.60. The van der Waals surface area contributed by atoms with Crippen LogP contribution in [0.15, 0.2) is 12.4 Å². The normalized spacial score (nSPS) is 17.6. The first-order valence-corrected chi connectivity index (χ1v) is 7.51. The molecule has 3 heterocycles. The van der Waals surface area contributed by atoms with E-state index in [1.54, 1.807) is 0 Å². The van der Waals surface area contributed by atoms with Crippen molar-refractivity contribution in [2.24, 2.45) is 5.92 Å². The highest BCUT2D eigenvalue weighted by atomic mass is 19.1. The minimum absolute atomic E-state index is 0.431. The number of anilines is 1. The zero-order valence-corrected chi connectivity index (χ0v) is 12.2. The lowest BCUT2D eigenvalue weighted by Crippen LogP contribution is -2.35. The third-order valence-corrected chi connectivity index (χ3v) is 4.00. The van der Waals surface area contributed by atoms with E-state index in [9.17, 15) is 4.39 Å². The molecule has 1 saturated carbocycles. The number of hydrogen-bond acceptors (Lipinski definition) is 6. The van der Waals surface area contributed by atoms with Crippen molar-refractivity contribution < 1.29 is 9.13 Å². The molecule has 0 radical (unpaired) electrons. The third-order valence-electron chi connectivity index (χ3n) is 4.00. The molecule has 8 heteroatoms. The molecule has 2 aliphatic rings. The van der Waals surface area contributed by atoms with Gasteiger partial charge in [-0.2, -0.15) is 0 Å². The number of aromatic nitrogens is 5. The van der Waals surface area contributed by atoms with Crippen LogP contribution in [0.1, 0.15) is 24.5 Å². The summed E-state index contributed by atoms with van der Waals surface area (Å²) in [6, 6.07) is 0. The van der Waals surface area contributed by atoms with Crippen molar-refractivity contribution in [2.75, 3.05) is 18.1 Å². The van der Waals surface area contributed by atoms with E-state index in [0.717, 1.165) is 37.3 Å². The summed E-state index contributed by atoms with van der Waals surface area (Å²) in [5.74, 6) is 2.57. The number of fused-ring (bicyclic) bond motifs is 1. The van der Waals surface area contributed by atoms with Crippen LogP contribution in [-0.2, 0) is 24.4 Å². The predicted molar refractivity (Wildman–Crippen MR) is 75.4 cm³/mol. The maximum atomic E-state index is 12.9. The van der Waals surface area contributed by atoms with Crippen LogP contribution in [0.5, 0.6) is 0 Å². The molecular formula is C14H17FN6O. The van der Waals surface area contributed by atoms with Gasteiger partial charge in [-0.1, -0.05) is 0 Å². The summed E-state index contributed by atoms with van der Waals surface area (Å²) in [5, 5.41) is 8.44. The van der Waals surface area contributed by atoms with Gasteiger partial charge in [0.15, 0.2) is 17.5 Å². The van der Waals surface area contributed by atoms with Crippen molar-refractivity contribution in [3.8, 4) is 0 Å². The monoisotopic (exact) mass is 304 g/mol. The average Bonchev–Trinajstić information content (AvgIpc) is 3.28.